The molecular weight excluding hydrogens is 444 g/mol. The Morgan fingerprint density at radius 2 is 1.66 bits per heavy atom. The van der Waals surface area contributed by atoms with Crippen LogP contribution < -0.4 is 10.5 Å². The number of methoxy groups -OCH3 is 1. The molecule has 0 aromatic heterocycles. The Labute approximate surface area is 209 Å². The Kier molecular flexibility index (Phi) is 12.2. The van der Waals surface area contributed by atoms with E-state index < -0.39 is 11.7 Å². The van der Waals surface area contributed by atoms with Gasteiger partial charge >= 0.3 is 0 Å². The number of amides is 1. The lowest BCUT2D eigenvalue weighted by molar-refractivity contribution is -0.131. The molecule has 0 radical (unpaired) electrons. The van der Waals surface area contributed by atoms with Crippen molar-refractivity contribution in [3.63, 3.8) is 0 Å². The smallest absolute Gasteiger partial charge is 0.224 e. The van der Waals surface area contributed by atoms with Crippen LogP contribution in [-0.4, -0.2) is 61.0 Å². The van der Waals surface area contributed by atoms with E-state index in [4.69, 9.17) is 15.2 Å². The number of benzene rings is 2. The maximum absolute atomic E-state index is 12.2. The lowest BCUT2D eigenvalue weighted by atomic mass is 9.83. The number of nitrogens with zero attached hydrogens (tertiary/aromatic N) is 1. The highest BCUT2D eigenvalue weighted by molar-refractivity contribution is 5.76. The zero-order chi connectivity index (χ0) is 25.7. The van der Waals surface area contributed by atoms with Gasteiger partial charge in [-0.15, -0.1) is 0 Å². The van der Waals surface area contributed by atoms with Gasteiger partial charge in [0.05, 0.1) is 18.1 Å². The number of unbranched alkanes of at least 4 members (excludes halogenated alkanes) is 2. The first-order chi connectivity index (χ1) is 16.8. The molecular formula is C28H42N2O5. The predicted molar refractivity (Wildman–Crippen MR) is 138 cm³/mol. The van der Waals surface area contributed by atoms with E-state index in [1.54, 1.807) is 19.1 Å². The standard InChI is InChI=1S/C28H42N2O5/c1-22-12-4-6-14-25(22)35-26-15-7-5-13-24(26)28(33,17-9-11-19-34-3)16-8-10-18-30(2)27(32)20-23(31)21-29/h4-7,12-15,23,31,33H,8-11,16-21,29H2,1-3H3. The van der Waals surface area contributed by atoms with Crippen molar-refractivity contribution in [1.82, 2.24) is 4.90 Å². The molecule has 2 unspecified atom stereocenters. The summed E-state index contributed by atoms with van der Waals surface area (Å²) in [6.45, 7) is 3.27. The van der Waals surface area contributed by atoms with Crippen LogP contribution in [0.4, 0.5) is 0 Å². The van der Waals surface area contributed by atoms with E-state index in [2.05, 4.69) is 0 Å². The molecule has 1 amide bonds. The Balaban J connectivity index is 2.11. The Morgan fingerprint density at radius 1 is 1.03 bits per heavy atom. The van der Waals surface area contributed by atoms with Crippen molar-refractivity contribution in [3.05, 3.63) is 59.7 Å². The summed E-state index contributed by atoms with van der Waals surface area (Å²) in [5, 5.41) is 21.5. The lowest BCUT2D eigenvalue weighted by Crippen LogP contribution is -2.33. The van der Waals surface area contributed by atoms with Gasteiger partial charge in [-0.2, -0.15) is 0 Å². The van der Waals surface area contributed by atoms with E-state index in [1.165, 1.54) is 0 Å². The first-order valence-electron chi connectivity index (χ1n) is 12.5. The SMILES string of the molecule is COCCCCC(O)(CCCCN(C)C(=O)CC(O)CN)c1ccccc1Oc1ccccc1C. The van der Waals surface area contributed by atoms with Crippen LogP contribution in [0.1, 0.15) is 56.1 Å². The molecule has 2 aromatic carbocycles. The highest BCUT2D eigenvalue weighted by atomic mass is 16.5. The molecule has 2 atom stereocenters. The van der Waals surface area contributed by atoms with E-state index in [9.17, 15) is 15.0 Å². The summed E-state index contributed by atoms with van der Waals surface area (Å²) in [4.78, 5) is 13.8. The summed E-state index contributed by atoms with van der Waals surface area (Å²) in [6, 6.07) is 15.5. The van der Waals surface area contributed by atoms with Gasteiger partial charge in [-0.05, 0) is 63.1 Å². The second-order valence-electron chi connectivity index (χ2n) is 9.21. The van der Waals surface area contributed by atoms with E-state index in [1.807, 2.05) is 55.5 Å². The molecule has 7 nitrogen and oxygen atoms in total. The summed E-state index contributed by atoms with van der Waals surface area (Å²) >= 11 is 0. The second-order valence-corrected chi connectivity index (χ2v) is 9.21. The molecule has 2 rings (SSSR count). The number of carbonyl (C=O) groups is 1. The maximum Gasteiger partial charge on any atom is 0.224 e. The molecule has 0 saturated heterocycles. The number of ether oxygens (including phenoxy) is 2. The molecule has 0 spiro atoms. The van der Waals surface area contributed by atoms with Crippen molar-refractivity contribution in [1.29, 1.82) is 0 Å². The van der Waals surface area contributed by atoms with E-state index in [-0.39, 0.29) is 18.9 Å². The van der Waals surface area contributed by atoms with Gasteiger partial charge in [-0.3, -0.25) is 4.79 Å². The number of para-hydroxylation sites is 2. The van der Waals surface area contributed by atoms with Crippen molar-refractivity contribution >= 4 is 5.91 Å². The Hall–Kier alpha value is -2.45. The third-order valence-electron chi connectivity index (χ3n) is 6.33. The average molecular weight is 487 g/mol. The van der Waals surface area contributed by atoms with Crippen molar-refractivity contribution in [2.75, 3.05) is 33.9 Å². The first kappa shape index (κ1) is 28.8. The Morgan fingerprint density at radius 3 is 2.31 bits per heavy atom. The highest BCUT2D eigenvalue weighted by Gasteiger charge is 2.31. The summed E-state index contributed by atoms with van der Waals surface area (Å²) in [5.74, 6) is 1.29. The average Bonchev–Trinajstić information content (AvgIpc) is 2.86. The van der Waals surface area contributed by atoms with Crippen LogP contribution >= 0.6 is 0 Å². The quantitative estimate of drug-likeness (QED) is 0.308. The molecule has 0 aliphatic carbocycles. The molecule has 2 aromatic rings. The number of hydrogen-bond donors (Lipinski definition) is 3. The van der Waals surface area contributed by atoms with Gasteiger partial charge < -0.3 is 30.3 Å². The molecule has 35 heavy (non-hydrogen) atoms. The fourth-order valence-electron chi connectivity index (χ4n) is 4.12. The third kappa shape index (κ3) is 9.26. The molecule has 4 N–H and O–H groups in total. The largest absolute Gasteiger partial charge is 0.457 e. The van der Waals surface area contributed by atoms with Gasteiger partial charge in [-0.25, -0.2) is 0 Å². The van der Waals surface area contributed by atoms with E-state index in [0.29, 0.717) is 31.7 Å². The lowest BCUT2D eigenvalue weighted by Gasteiger charge is -2.31. The number of aliphatic hydroxyl groups excluding tert-OH is 1. The summed E-state index contributed by atoms with van der Waals surface area (Å²) in [5.41, 5.74) is 6.14. The second kappa shape index (κ2) is 14.8. The molecule has 0 fully saturated rings. The molecule has 0 saturated carbocycles. The van der Waals surface area contributed by atoms with Crippen LogP contribution in [-0.2, 0) is 15.1 Å². The minimum absolute atomic E-state index is 0.0278. The molecule has 194 valence electrons. The van der Waals surface area contributed by atoms with Crippen LogP contribution in [0.3, 0.4) is 0 Å². The number of aryl methyl sites for hydroxylation is 1. The van der Waals surface area contributed by atoms with Gasteiger partial charge in [0.15, 0.2) is 0 Å². The first-order valence-corrected chi connectivity index (χ1v) is 12.5. The summed E-state index contributed by atoms with van der Waals surface area (Å²) in [6.07, 6.45) is 3.49. The fourth-order valence-corrected chi connectivity index (χ4v) is 4.12. The minimum Gasteiger partial charge on any atom is -0.457 e. The van der Waals surface area contributed by atoms with Crippen molar-refractivity contribution in [2.24, 2.45) is 5.73 Å². The number of nitrogens with two attached hydrogens (primary N) is 1. The van der Waals surface area contributed by atoms with Gasteiger partial charge in [0, 0.05) is 39.4 Å². The maximum atomic E-state index is 12.2. The zero-order valence-corrected chi connectivity index (χ0v) is 21.4. The predicted octanol–water partition coefficient (Wildman–Crippen LogP) is 4.13. The molecule has 7 heteroatoms. The summed E-state index contributed by atoms with van der Waals surface area (Å²) < 4.78 is 11.5. The van der Waals surface area contributed by atoms with Gasteiger partial charge in [0.1, 0.15) is 11.5 Å². The summed E-state index contributed by atoms with van der Waals surface area (Å²) in [7, 11) is 3.41. The molecule has 0 aliphatic heterocycles. The third-order valence-corrected chi connectivity index (χ3v) is 6.33. The van der Waals surface area contributed by atoms with Gasteiger partial charge in [0.2, 0.25) is 5.91 Å². The number of hydrogen-bond acceptors (Lipinski definition) is 6. The molecule has 0 aliphatic rings. The molecule has 0 heterocycles. The van der Waals surface area contributed by atoms with E-state index >= 15 is 0 Å². The van der Waals surface area contributed by atoms with Crippen molar-refractivity contribution < 1.29 is 24.5 Å². The number of carbonyl (C=O) groups excluding carboxylic acids is 1. The van der Waals surface area contributed by atoms with Crippen molar-refractivity contribution in [3.8, 4) is 11.5 Å². The van der Waals surface area contributed by atoms with E-state index in [0.717, 1.165) is 42.6 Å². The van der Waals surface area contributed by atoms with Crippen LogP contribution in [0.2, 0.25) is 0 Å². The Bertz CT molecular complexity index is 906. The van der Waals surface area contributed by atoms with Gasteiger partial charge in [0.25, 0.3) is 0 Å². The van der Waals surface area contributed by atoms with Crippen LogP contribution in [0, 0.1) is 6.92 Å². The minimum atomic E-state index is -1.06. The number of rotatable bonds is 16. The van der Waals surface area contributed by atoms with Crippen LogP contribution in [0.25, 0.3) is 0 Å². The topological polar surface area (TPSA) is 105 Å². The monoisotopic (exact) mass is 486 g/mol. The molecule has 0 bridgehead atoms. The normalized spacial score (nSPS) is 13.8. The fraction of sp³-hybridized carbons (Fsp3) is 0.536. The highest BCUT2D eigenvalue weighted by Crippen LogP contribution is 2.40. The zero-order valence-electron chi connectivity index (χ0n) is 21.4. The van der Waals surface area contributed by atoms with Crippen LogP contribution in [0.15, 0.2) is 48.5 Å². The van der Waals surface area contributed by atoms with Crippen LogP contribution in [0.5, 0.6) is 11.5 Å². The van der Waals surface area contributed by atoms with Crippen molar-refractivity contribution in [2.45, 2.75) is 63.6 Å². The van der Waals surface area contributed by atoms with Gasteiger partial charge in [-0.1, -0.05) is 36.4 Å². The number of aliphatic hydroxyl groups is 2.